The van der Waals surface area contributed by atoms with Crippen LogP contribution in [0.25, 0.3) is 0 Å². The molecule has 0 aliphatic rings. The van der Waals surface area contributed by atoms with Crippen LogP contribution in [0.3, 0.4) is 0 Å². The van der Waals surface area contributed by atoms with Gasteiger partial charge < -0.3 is 14.1 Å². The van der Waals surface area contributed by atoms with E-state index in [9.17, 15) is 23.1 Å². The topological polar surface area (TPSA) is 101 Å². The molecule has 5 aromatic carbocycles. The number of aryl methyl sites for hydroxylation is 4. The Balaban J connectivity index is 0.000000209. The summed E-state index contributed by atoms with van der Waals surface area (Å²) in [6, 6.07) is 33.5. The maximum atomic E-state index is 12.4. The van der Waals surface area contributed by atoms with E-state index in [1.807, 2.05) is 31.2 Å². The minimum atomic E-state index is -4.04. The maximum absolute atomic E-state index is 12.4. The van der Waals surface area contributed by atoms with Gasteiger partial charge >= 0.3 is 10.1 Å². The van der Waals surface area contributed by atoms with Crippen LogP contribution >= 0.6 is 23.2 Å². The summed E-state index contributed by atoms with van der Waals surface area (Å²) in [6.45, 7) is 6.99. The Morgan fingerprint density at radius 2 is 1.00 bits per heavy atom. The molecule has 0 bridgehead atoms. The van der Waals surface area contributed by atoms with Gasteiger partial charge in [0.15, 0.2) is 14.7 Å². The molecule has 0 aliphatic heterocycles. The molecule has 0 amide bonds. The van der Waals surface area contributed by atoms with Gasteiger partial charge in [-0.1, -0.05) is 58.6 Å². The molecule has 5 aromatic rings. The van der Waals surface area contributed by atoms with Gasteiger partial charge in [0.2, 0.25) is 5.78 Å². The molecular weight excluding hydrogens is 663 g/mol. The molecule has 0 unspecified atom stereocenters. The molecule has 0 aromatic heterocycles. The van der Waals surface area contributed by atoms with Crippen molar-refractivity contribution in [2.75, 3.05) is 0 Å². The second-order valence-electron chi connectivity index (χ2n) is 10.4. The highest BCUT2D eigenvalue weighted by Crippen LogP contribution is 2.33. The largest absolute Gasteiger partial charge is 0.541 e. The summed E-state index contributed by atoms with van der Waals surface area (Å²) in [5, 5.41) is 12.2. The van der Waals surface area contributed by atoms with Crippen molar-refractivity contribution >= 4 is 56.0 Å². The van der Waals surface area contributed by atoms with Gasteiger partial charge in [-0.15, -0.1) is 0 Å². The van der Waals surface area contributed by atoms with Crippen LogP contribution in [0, 0.1) is 27.7 Å². The lowest BCUT2D eigenvalue weighted by Gasteiger charge is -2.14. The van der Waals surface area contributed by atoms with E-state index in [1.165, 1.54) is 58.4 Å². The first kappa shape index (κ1) is 34.8. The van der Waals surface area contributed by atoms with Crippen molar-refractivity contribution in [3.05, 3.63) is 147 Å². The molecule has 46 heavy (non-hydrogen) atoms. The molecule has 0 saturated carbocycles. The molecule has 0 atom stereocenters. The van der Waals surface area contributed by atoms with Crippen LogP contribution in [0.4, 0.5) is 0 Å². The van der Waals surface area contributed by atoms with Gasteiger partial charge in [0, 0.05) is 15.6 Å². The quantitative estimate of drug-likeness (QED) is 0.0715. The third-order valence-corrected chi connectivity index (χ3v) is 10.7. The van der Waals surface area contributed by atoms with E-state index in [2.05, 4.69) is 55.5 Å². The van der Waals surface area contributed by atoms with Crippen LogP contribution in [0.5, 0.6) is 5.75 Å². The first-order chi connectivity index (χ1) is 21.7. The predicted octanol–water partition coefficient (Wildman–Crippen LogP) is 7.71. The van der Waals surface area contributed by atoms with Crippen molar-refractivity contribution in [1.82, 2.24) is 0 Å². The standard InChI is InChI=1S/C19H15Cl2S.C17H16O6S/c1-14-2-8-17(9-3-14)22(18-10-4-15(20)5-11-18)19-12-6-16(21)7-13-19;1-10-4-6-14(7-5-10)24(21,22)23-16-11(2)8-13(9-12(16)3)15(18)17(19)20/h2-13H,1H3;4-9H,1-3H3,(H,19,20)/q+1;/p-1. The number of aliphatic carboxylic acids is 1. The van der Waals surface area contributed by atoms with E-state index in [0.717, 1.165) is 15.6 Å². The second-order valence-corrected chi connectivity index (χ2v) is 14.9. The number of hydrogen-bond acceptors (Lipinski definition) is 6. The molecule has 0 heterocycles. The SMILES string of the molecule is Cc1ccc(S(=O)(=O)Oc2c(C)cc(C(=O)C(=O)[O-])cc2C)cc1.Cc1ccc([S+](c2ccc(Cl)cc2)c2ccc(Cl)cc2)cc1. The van der Waals surface area contributed by atoms with Crippen LogP contribution < -0.4 is 9.29 Å². The fraction of sp³-hybridized carbons (Fsp3) is 0.111. The lowest BCUT2D eigenvalue weighted by molar-refractivity contribution is -0.296. The smallest absolute Gasteiger partial charge is 0.339 e. The zero-order chi connectivity index (χ0) is 33.6. The van der Waals surface area contributed by atoms with Gasteiger partial charge in [0.1, 0.15) is 16.6 Å². The van der Waals surface area contributed by atoms with Gasteiger partial charge in [-0.05, 0) is 124 Å². The summed E-state index contributed by atoms with van der Waals surface area (Å²) in [5.74, 6) is -2.94. The summed E-state index contributed by atoms with van der Waals surface area (Å²) >= 11 is 12.1. The summed E-state index contributed by atoms with van der Waals surface area (Å²) in [5.41, 5.74) is 2.74. The van der Waals surface area contributed by atoms with Crippen molar-refractivity contribution in [1.29, 1.82) is 0 Å². The molecule has 0 spiro atoms. The van der Waals surface area contributed by atoms with E-state index in [0.29, 0.717) is 11.1 Å². The van der Waals surface area contributed by atoms with E-state index in [1.54, 1.807) is 12.1 Å². The Morgan fingerprint density at radius 1 is 0.630 bits per heavy atom. The van der Waals surface area contributed by atoms with E-state index in [4.69, 9.17) is 27.4 Å². The lowest BCUT2D eigenvalue weighted by Crippen LogP contribution is -2.31. The fourth-order valence-corrected chi connectivity index (χ4v) is 7.76. The molecule has 6 nitrogen and oxygen atoms in total. The predicted molar refractivity (Wildman–Crippen MR) is 180 cm³/mol. The van der Waals surface area contributed by atoms with E-state index < -0.39 is 21.9 Å². The monoisotopic (exact) mass is 692 g/mol. The third-order valence-electron chi connectivity index (χ3n) is 6.77. The Morgan fingerprint density at radius 3 is 1.39 bits per heavy atom. The minimum Gasteiger partial charge on any atom is -0.541 e. The summed E-state index contributed by atoms with van der Waals surface area (Å²) in [4.78, 5) is 25.9. The molecule has 0 aliphatic carbocycles. The molecule has 0 saturated heterocycles. The number of rotatable bonds is 8. The second kappa shape index (κ2) is 15.0. The fourth-order valence-electron chi connectivity index (χ4n) is 4.42. The normalized spacial score (nSPS) is 11.0. The first-order valence-electron chi connectivity index (χ1n) is 14.0. The van der Waals surface area contributed by atoms with E-state index in [-0.39, 0.29) is 27.1 Å². The molecule has 0 radical (unpaired) electrons. The highest BCUT2D eigenvalue weighted by molar-refractivity contribution is 7.97. The van der Waals surface area contributed by atoms with E-state index >= 15 is 0 Å². The van der Waals surface area contributed by atoms with Crippen LogP contribution in [0.1, 0.15) is 32.6 Å². The molecule has 236 valence electrons. The summed E-state index contributed by atoms with van der Waals surface area (Å²) in [7, 11) is -4.19. The summed E-state index contributed by atoms with van der Waals surface area (Å²) in [6.07, 6.45) is 0. The average molecular weight is 694 g/mol. The lowest BCUT2D eigenvalue weighted by atomic mass is 10.0. The van der Waals surface area contributed by atoms with Crippen LogP contribution in [-0.4, -0.2) is 20.2 Å². The van der Waals surface area contributed by atoms with Crippen molar-refractivity contribution in [2.45, 2.75) is 47.3 Å². The number of Topliss-reactive ketones (excluding diaryl/α,β-unsaturated/α-hetero) is 1. The number of benzene rings is 5. The number of carbonyl (C=O) groups is 2. The number of carbonyl (C=O) groups excluding carboxylic acids is 2. The average Bonchev–Trinajstić information content (AvgIpc) is 3.02. The van der Waals surface area contributed by atoms with Crippen molar-refractivity contribution in [3.8, 4) is 5.75 Å². The summed E-state index contributed by atoms with van der Waals surface area (Å²) < 4.78 is 29.9. The van der Waals surface area contributed by atoms with Gasteiger partial charge in [0.25, 0.3) is 0 Å². The number of carboxylic acids is 1. The van der Waals surface area contributed by atoms with Gasteiger partial charge in [0.05, 0.1) is 10.9 Å². The number of carboxylic acid groups (broad SMARTS) is 1. The molecular formula is C36H30Cl2O6S2. The first-order valence-corrected chi connectivity index (χ1v) is 17.3. The molecule has 0 N–H and O–H groups in total. The number of ketones is 1. The third kappa shape index (κ3) is 8.79. The van der Waals surface area contributed by atoms with Crippen LogP contribution in [-0.2, 0) is 25.8 Å². The molecule has 0 fully saturated rings. The van der Waals surface area contributed by atoms with Gasteiger partial charge in [-0.25, -0.2) is 0 Å². The zero-order valence-electron chi connectivity index (χ0n) is 25.4. The van der Waals surface area contributed by atoms with Crippen LogP contribution in [0.2, 0.25) is 10.0 Å². The molecule has 10 heteroatoms. The van der Waals surface area contributed by atoms with Gasteiger partial charge in [-0.3, -0.25) is 4.79 Å². The Hall–Kier alpha value is -4.08. The van der Waals surface area contributed by atoms with Crippen molar-refractivity contribution < 1.29 is 27.3 Å². The zero-order valence-corrected chi connectivity index (χ0v) is 28.6. The van der Waals surface area contributed by atoms with Crippen molar-refractivity contribution in [3.63, 3.8) is 0 Å². The highest BCUT2D eigenvalue weighted by Gasteiger charge is 2.28. The Kier molecular flexibility index (Phi) is 11.3. The molecule has 5 rings (SSSR count). The van der Waals surface area contributed by atoms with Crippen LogP contribution in [0.15, 0.2) is 129 Å². The Labute approximate surface area is 282 Å². The maximum Gasteiger partial charge on any atom is 0.339 e. The Bertz CT molecular complexity index is 1830. The van der Waals surface area contributed by atoms with Crippen molar-refractivity contribution in [2.24, 2.45) is 0 Å². The van der Waals surface area contributed by atoms with Gasteiger partial charge in [-0.2, -0.15) is 8.42 Å². The number of hydrogen-bond donors (Lipinski definition) is 0. The highest BCUT2D eigenvalue weighted by atomic mass is 35.5. The number of halogens is 2. The minimum absolute atomic E-state index is 0.00166.